The highest BCUT2D eigenvalue weighted by atomic mass is 14.2. The van der Waals surface area contributed by atoms with Crippen LogP contribution in [-0.4, -0.2) is 0 Å². The van der Waals surface area contributed by atoms with Gasteiger partial charge in [0.25, 0.3) is 0 Å². The zero-order valence-electron chi connectivity index (χ0n) is 5.44. The molecule has 0 N–H and O–H groups in total. The average molecular weight is 109 g/mol. The molecule has 0 aromatic carbocycles. The normalized spacial score (nSPS) is 10.9. The molecule has 0 heterocycles. The van der Waals surface area contributed by atoms with Gasteiger partial charge in [-0.15, -0.1) is 0 Å². The summed E-state index contributed by atoms with van der Waals surface area (Å²) in [6, 6.07) is 2.10. The van der Waals surface area contributed by atoms with Crippen molar-refractivity contribution < 1.29 is 0 Å². The first-order chi connectivity index (χ1) is 3.85. The molecule has 0 fully saturated rings. The van der Waals surface area contributed by atoms with Crippen molar-refractivity contribution in [3.8, 4) is 6.07 Å². The molecule has 0 aromatic rings. The van der Waals surface area contributed by atoms with Gasteiger partial charge in [-0.05, 0) is 13.3 Å². The van der Waals surface area contributed by atoms with Gasteiger partial charge in [-0.3, -0.25) is 0 Å². The summed E-state index contributed by atoms with van der Waals surface area (Å²) in [6.07, 6.45) is 3.60. The van der Waals surface area contributed by atoms with Crippen LogP contribution >= 0.6 is 0 Å². The van der Waals surface area contributed by atoms with Gasteiger partial charge in [0.1, 0.15) is 0 Å². The highest BCUT2D eigenvalue weighted by molar-refractivity contribution is 5.05. The minimum absolute atomic E-state index is 0.590. The second-order valence-electron chi connectivity index (χ2n) is 1.64. The molecule has 1 nitrogen and oxygen atoms in total. The number of rotatable bonds is 2. The third-order valence-electron chi connectivity index (χ3n) is 1.17. The van der Waals surface area contributed by atoms with Crippen LogP contribution in [0.25, 0.3) is 0 Å². The summed E-state index contributed by atoms with van der Waals surface area (Å²) in [5, 5.41) is 8.21. The highest BCUT2D eigenvalue weighted by Crippen LogP contribution is 2.02. The van der Waals surface area contributed by atoms with Crippen LogP contribution in [0, 0.1) is 11.3 Å². The lowest BCUT2D eigenvalue weighted by Gasteiger charge is -1.91. The summed E-state index contributed by atoms with van der Waals surface area (Å²) >= 11 is 0. The molecular weight excluding hydrogens is 98.1 g/mol. The van der Waals surface area contributed by atoms with Gasteiger partial charge in [0.2, 0.25) is 0 Å². The van der Waals surface area contributed by atoms with Crippen molar-refractivity contribution in [2.24, 2.45) is 0 Å². The van der Waals surface area contributed by atoms with Crippen LogP contribution in [0.2, 0.25) is 0 Å². The predicted octanol–water partition coefficient (Wildman–Crippen LogP) is 2.26. The smallest absolute Gasteiger partial charge is 0.0666 e. The minimum Gasteiger partial charge on any atom is -0.198 e. The molecule has 8 heavy (non-hydrogen) atoms. The van der Waals surface area contributed by atoms with Gasteiger partial charge in [-0.25, -0.2) is 0 Å². The number of allylic oxidation sites excluding steroid dienone is 2. The summed E-state index contributed by atoms with van der Waals surface area (Å²) in [5.74, 6) is 0. The fourth-order valence-electron chi connectivity index (χ4n) is 0.533. The van der Waals surface area contributed by atoms with Gasteiger partial charge < -0.3 is 0 Å². The molecule has 0 aromatic heterocycles. The lowest BCUT2D eigenvalue weighted by Crippen LogP contribution is -1.74. The van der Waals surface area contributed by atoms with Crippen LogP contribution in [0.3, 0.4) is 0 Å². The van der Waals surface area contributed by atoms with Gasteiger partial charge in [-0.2, -0.15) is 5.26 Å². The van der Waals surface area contributed by atoms with E-state index in [2.05, 4.69) is 13.0 Å². The fourth-order valence-corrected chi connectivity index (χ4v) is 0.533. The molecular formula is C7H11N. The van der Waals surface area contributed by atoms with Crippen LogP contribution in [-0.2, 0) is 0 Å². The van der Waals surface area contributed by atoms with Crippen molar-refractivity contribution in [1.82, 2.24) is 0 Å². The molecule has 0 aliphatic rings. The Hall–Kier alpha value is -0.770. The molecule has 44 valence electrons. The zero-order valence-corrected chi connectivity index (χ0v) is 5.44. The second-order valence-corrected chi connectivity index (χ2v) is 1.64. The van der Waals surface area contributed by atoms with Gasteiger partial charge in [0, 0.05) is 0 Å². The lowest BCUT2D eigenvalue weighted by molar-refractivity contribution is 1.03. The molecule has 0 unspecified atom stereocenters. The summed E-state index contributed by atoms with van der Waals surface area (Å²) in [4.78, 5) is 0. The third kappa shape index (κ3) is 2.41. The Balaban J connectivity index is 3.59. The van der Waals surface area contributed by atoms with Crippen molar-refractivity contribution in [1.29, 1.82) is 5.26 Å². The molecule has 0 radical (unpaired) electrons. The van der Waals surface area contributed by atoms with Gasteiger partial charge >= 0.3 is 0 Å². The Labute approximate surface area is 50.6 Å². The van der Waals surface area contributed by atoms with Gasteiger partial charge in [0.15, 0.2) is 0 Å². The maximum atomic E-state index is 8.21. The van der Waals surface area contributed by atoms with E-state index in [4.69, 9.17) is 5.26 Å². The van der Waals surface area contributed by atoms with Crippen LogP contribution < -0.4 is 0 Å². The summed E-state index contributed by atoms with van der Waals surface area (Å²) in [6.45, 7) is 4.03. The Morgan fingerprint density at radius 3 is 2.50 bits per heavy atom. The first kappa shape index (κ1) is 7.23. The van der Waals surface area contributed by atoms with E-state index in [0.29, 0.717) is 6.42 Å². The molecule has 0 spiro atoms. The maximum absolute atomic E-state index is 8.21. The van der Waals surface area contributed by atoms with Crippen molar-refractivity contribution in [2.75, 3.05) is 0 Å². The first-order valence-corrected chi connectivity index (χ1v) is 2.86. The van der Waals surface area contributed by atoms with E-state index in [-0.39, 0.29) is 0 Å². The molecule has 0 amide bonds. The van der Waals surface area contributed by atoms with Crippen LogP contribution in [0.5, 0.6) is 0 Å². The minimum atomic E-state index is 0.590. The van der Waals surface area contributed by atoms with E-state index in [1.165, 1.54) is 5.57 Å². The molecule has 0 saturated heterocycles. The predicted molar refractivity (Wildman–Crippen MR) is 34.3 cm³/mol. The van der Waals surface area contributed by atoms with E-state index in [1.807, 2.05) is 13.0 Å². The van der Waals surface area contributed by atoms with Gasteiger partial charge in [-0.1, -0.05) is 18.6 Å². The molecule has 0 rings (SSSR count). The number of hydrogen-bond acceptors (Lipinski definition) is 1. The molecule has 0 bridgehead atoms. The summed E-state index contributed by atoms with van der Waals surface area (Å²) < 4.78 is 0. The SMILES string of the molecule is C/C=C(\CC)CC#N. The molecule has 0 saturated carbocycles. The number of nitriles is 1. The van der Waals surface area contributed by atoms with Crippen LogP contribution in [0.1, 0.15) is 26.7 Å². The summed E-state index contributed by atoms with van der Waals surface area (Å²) in [5.41, 5.74) is 1.23. The van der Waals surface area contributed by atoms with Crippen molar-refractivity contribution >= 4 is 0 Å². The molecule has 0 atom stereocenters. The Morgan fingerprint density at radius 1 is 1.75 bits per heavy atom. The molecule has 0 aliphatic heterocycles. The molecule has 0 aliphatic carbocycles. The van der Waals surface area contributed by atoms with Crippen molar-refractivity contribution in [3.05, 3.63) is 11.6 Å². The monoisotopic (exact) mass is 109 g/mol. The summed E-state index contributed by atoms with van der Waals surface area (Å²) in [7, 11) is 0. The van der Waals surface area contributed by atoms with Crippen LogP contribution in [0.4, 0.5) is 0 Å². The standard InChI is InChI=1S/C7H11N/c1-3-7(4-2)5-6-8/h3H,4-5H2,1-2H3/b7-3+. The van der Waals surface area contributed by atoms with E-state index in [1.54, 1.807) is 0 Å². The Kier molecular flexibility index (Phi) is 3.97. The topological polar surface area (TPSA) is 23.8 Å². The second kappa shape index (κ2) is 4.39. The number of nitrogens with zero attached hydrogens (tertiary/aromatic N) is 1. The van der Waals surface area contributed by atoms with E-state index in [0.717, 1.165) is 6.42 Å². The van der Waals surface area contributed by atoms with Crippen LogP contribution in [0.15, 0.2) is 11.6 Å². The third-order valence-corrected chi connectivity index (χ3v) is 1.17. The molecule has 1 heteroatoms. The van der Waals surface area contributed by atoms with Gasteiger partial charge in [0.05, 0.1) is 12.5 Å². The average Bonchev–Trinajstić information content (AvgIpc) is 1.83. The van der Waals surface area contributed by atoms with E-state index in [9.17, 15) is 0 Å². The van der Waals surface area contributed by atoms with E-state index < -0.39 is 0 Å². The van der Waals surface area contributed by atoms with Crippen molar-refractivity contribution in [2.45, 2.75) is 26.7 Å². The van der Waals surface area contributed by atoms with E-state index >= 15 is 0 Å². The first-order valence-electron chi connectivity index (χ1n) is 2.86. The quantitative estimate of drug-likeness (QED) is 0.499. The highest BCUT2D eigenvalue weighted by Gasteiger charge is 1.86. The maximum Gasteiger partial charge on any atom is 0.0666 e. The lowest BCUT2D eigenvalue weighted by atomic mass is 10.1. The number of hydrogen-bond donors (Lipinski definition) is 0. The fraction of sp³-hybridized carbons (Fsp3) is 0.571. The zero-order chi connectivity index (χ0) is 6.41. The Bertz CT molecular complexity index is 117. The Morgan fingerprint density at radius 2 is 2.38 bits per heavy atom. The largest absolute Gasteiger partial charge is 0.198 e. The van der Waals surface area contributed by atoms with Crippen molar-refractivity contribution in [3.63, 3.8) is 0 Å².